The van der Waals surface area contributed by atoms with Gasteiger partial charge in [-0.1, -0.05) is 15.9 Å². The number of pyridine rings is 1. The first kappa shape index (κ1) is 10.8. The summed E-state index contributed by atoms with van der Waals surface area (Å²) in [5.41, 5.74) is 5.62. The van der Waals surface area contributed by atoms with Gasteiger partial charge in [0.25, 0.3) is 6.43 Å². The van der Waals surface area contributed by atoms with Crippen LogP contribution >= 0.6 is 31.9 Å². The fraction of sp³-hybridized carbons (Fsp3) is 0.286. The Hall–Kier alpha value is -0.230. The van der Waals surface area contributed by atoms with Crippen LogP contribution in [-0.2, 0) is 5.33 Å². The van der Waals surface area contributed by atoms with E-state index in [9.17, 15) is 8.78 Å². The Morgan fingerprint density at radius 2 is 2.15 bits per heavy atom. The number of aromatic nitrogens is 1. The Balaban J connectivity index is 3.30. The molecule has 13 heavy (non-hydrogen) atoms. The zero-order valence-corrected chi connectivity index (χ0v) is 9.57. The average Bonchev–Trinajstić information content (AvgIpc) is 2.01. The Morgan fingerprint density at radius 3 is 2.62 bits per heavy atom. The van der Waals surface area contributed by atoms with Crippen molar-refractivity contribution < 1.29 is 8.78 Å². The summed E-state index contributed by atoms with van der Waals surface area (Å²) < 4.78 is 25.4. The van der Waals surface area contributed by atoms with E-state index in [2.05, 4.69) is 36.8 Å². The molecule has 1 aromatic heterocycles. The van der Waals surface area contributed by atoms with Crippen molar-refractivity contribution >= 4 is 37.7 Å². The molecule has 72 valence electrons. The van der Waals surface area contributed by atoms with Crippen molar-refractivity contribution in [2.45, 2.75) is 11.8 Å². The van der Waals surface area contributed by atoms with Crippen molar-refractivity contribution in [1.29, 1.82) is 0 Å². The smallest absolute Gasteiger partial charge is 0.267 e. The zero-order chi connectivity index (χ0) is 10.0. The lowest BCUT2D eigenvalue weighted by Crippen LogP contribution is -2.02. The number of halogens is 4. The molecule has 6 heteroatoms. The predicted molar refractivity (Wildman–Crippen MR) is 53.9 cm³/mol. The second-order valence-corrected chi connectivity index (χ2v) is 3.71. The molecule has 0 bridgehead atoms. The van der Waals surface area contributed by atoms with Crippen molar-refractivity contribution in [2.24, 2.45) is 0 Å². The molecule has 0 amide bonds. The summed E-state index contributed by atoms with van der Waals surface area (Å²) in [6.45, 7) is 0. The average molecular weight is 316 g/mol. The molecule has 2 nitrogen and oxygen atoms in total. The molecular formula is C7H6Br2F2N2. The van der Waals surface area contributed by atoms with Crippen molar-refractivity contribution in [3.63, 3.8) is 0 Å². The molecular weight excluding hydrogens is 310 g/mol. The van der Waals surface area contributed by atoms with Crippen LogP contribution in [-0.4, -0.2) is 4.98 Å². The topological polar surface area (TPSA) is 38.9 Å². The summed E-state index contributed by atoms with van der Waals surface area (Å²) in [6, 6.07) is 1.52. The molecule has 1 heterocycles. The summed E-state index contributed by atoms with van der Waals surface area (Å²) in [7, 11) is 0. The van der Waals surface area contributed by atoms with Crippen LogP contribution in [0.5, 0.6) is 0 Å². The lowest BCUT2D eigenvalue weighted by Gasteiger charge is -2.08. The maximum absolute atomic E-state index is 12.5. The second-order valence-electron chi connectivity index (χ2n) is 2.34. The van der Waals surface area contributed by atoms with Gasteiger partial charge in [-0.3, -0.25) is 0 Å². The largest absolute Gasteiger partial charge is 0.383 e. The number of nitrogens with zero attached hydrogens (tertiary/aromatic N) is 1. The number of rotatable bonds is 2. The van der Waals surface area contributed by atoms with Crippen LogP contribution in [0.1, 0.15) is 17.6 Å². The van der Waals surface area contributed by atoms with Crippen LogP contribution in [0.3, 0.4) is 0 Å². The third-order valence-corrected chi connectivity index (χ3v) is 2.52. The first-order chi connectivity index (χ1) is 6.06. The number of nitrogens with two attached hydrogens (primary N) is 1. The maximum atomic E-state index is 12.5. The minimum atomic E-state index is -2.59. The van der Waals surface area contributed by atoms with E-state index in [1.54, 1.807) is 0 Å². The Morgan fingerprint density at radius 1 is 1.54 bits per heavy atom. The highest BCUT2D eigenvalue weighted by molar-refractivity contribution is 9.10. The van der Waals surface area contributed by atoms with E-state index in [0.717, 1.165) is 0 Å². The van der Waals surface area contributed by atoms with E-state index in [1.165, 1.54) is 6.07 Å². The summed E-state index contributed by atoms with van der Waals surface area (Å²) in [4.78, 5) is 3.70. The second kappa shape index (κ2) is 4.32. The third-order valence-electron chi connectivity index (χ3n) is 1.50. The van der Waals surface area contributed by atoms with Gasteiger partial charge in [-0.15, -0.1) is 0 Å². The molecule has 1 rings (SSSR count). The van der Waals surface area contributed by atoms with E-state index < -0.39 is 6.43 Å². The standard InChI is InChI=1S/C7H6Br2F2N2/c8-2-3-1-4(9)13-7(12)5(3)6(10)11/h1,6H,2H2,(H2,12,13). The molecule has 0 aliphatic heterocycles. The van der Waals surface area contributed by atoms with Gasteiger partial charge in [0.15, 0.2) is 0 Å². The highest BCUT2D eigenvalue weighted by Gasteiger charge is 2.17. The lowest BCUT2D eigenvalue weighted by molar-refractivity contribution is 0.151. The van der Waals surface area contributed by atoms with Crippen LogP contribution in [0.2, 0.25) is 0 Å². The van der Waals surface area contributed by atoms with Gasteiger partial charge in [-0.2, -0.15) is 0 Å². The van der Waals surface area contributed by atoms with E-state index in [0.29, 0.717) is 15.5 Å². The predicted octanol–water partition coefficient (Wildman–Crippen LogP) is 3.26. The van der Waals surface area contributed by atoms with Crippen molar-refractivity contribution in [3.05, 3.63) is 21.8 Å². The van der Waals surface area contributed by atoms with Crippen molar-refractivity contribution in [3.8, 4) is 0 Å². The normalized spacial score (nSPS) is 10.8. The molecule has 0 saturated carbocycles. The molecule has 0 aliphatic carbocycles. The molecule has 0 fully saturated rings. The van der Waals surface area contributed by atoms with Gasteiger partial charge in [0.05, 0.1) is 5.56 Å². The molecule has 1 aromatic rings. The van der Waals surface area contributed by atoms with Crippen LogP contribution in [0, 0.1) is 0 Å². The minimum Gasteiger partial charge on any atom is -0.383 e. The van der Waals surface area contributed by atoms with E-state index in [4.69, 9.17) is 5.73 Å². The summed E-state index contributed by atoms with van der Waals surface area (Å²) >= 11 is 6.19. The van der Waals surface area contributed by atoms with Crippen molar-refractivity contribution in [2.75, 3.05) is 5.73 Å². The molecule has 0 aliphatic rings. The Bertz CT molecular complexity index is 318. The first-order valence-corrected chi connectivity index (χ1v) is 5.26. The fourth-order valence-electron chi connectivity index (χ4n) is 0.956. The molecule has 2 N–H and O–H groups in total. The quantitative estimate of drug-likeness (QED) is 0.672. The molecule has 0 aromatic carbocycles. The minimum absolute atomic E-state index is 0.126. The highest BCUT2D eigenvalue weighted by atomic mass is 79.9. The Labute approximate surface area is 90.8 Å². The van der Waals surface area contributed by atoms with Crippen LogP contribution in [0.25, 0.3) is 0 Å². The zero-order valence-electron chi connectivity index (χ0n) is 6.40. The number of alkyl halides is 3. The SMILES string of the molecule is Nc1nc(Br)cc(CBr)c1C(F)F. The number of anilines is 1. The van der Waals surface area contributed by atoms with E-state index >= 15 is 0 Å². The van der Waals surface area contributed by atoms with Crippen LogP contribution in [0.4, 0.5) is 14.6 Å². The first-order valence-electron chi connectivity index (χ1n) is 3.35. The van der Waals surface area contributed by atoms with Crippen LogP contribution in [0.15, 0.2) is 10.7 Å². The molecule has 0 radical (unpaired) electrons. The summed E-state index contributed by atoms with van der Waals surface area (Å²) in [5, 5.41) is 0.331. The number of nitrogen functional groups attached to an aromatic ring is 1. The molecule has 0 saturated heterocycles. The monoisotopic (exact) mass is 314 g/mol. The van der Waals surface area contributed by atoms with Gasteiger partial charge in [-0.05, 0) is 27.6 Å². The fourth-order valence-corrected chi connectivity index (χ4v) is 1.89. The van der Waals surface area contributed by atoms with Gasteiger partial charge in [0, 0.05) is 5.33 Å². The van der Waals surface area contributed by atoms with Crippen LogP contribution < -0.4 is 5.73 Å². The van der Waals surface area contributed by atoms with Gasteiger partial charge >= 0.3 is 0 Å². The number of hydrogen-bond acceptors (Lipinski definition) is 2. The van der Waals surface area contributed by atoms with Gasteiger partial charge in [0.1, 0.15) is 10.4 Å². The van der Waals surface area contributed by atoms with Gasteiger partial charge < -0.3 is 5.73 Å². The molecule has 0 spiro atoms. The van der Waals surface area contributed by atoms with E-state index in [-0.39, 0.29) is 11.4 Å². The molecule has 0 atom stereocenters. The Kier molecular flexibility index (Phi) is 3.61. The van der Waals surface area contributed by atoms with Gasteiger partial charge in [-0.25, -0.2) is 13.8 Å². The summed E-state index contributed by atoms with van der Waals surface area (Å²) in [5.74, 6) is -0.126. The van der Waals surface area contributed by atoms with Crippen molar-refractivity contribution in [1.82, 2.24) is 4.98 Å². The lowest BCUT2D eigenvalue weighted by atomic mass is 10.1. The third kappa shape index (κ3) is 2.37. The number of hydrogen-bond donors (Lipinski definition) is 1. The molecule has 0 unspecified atom stereocenters. The van der Waals surface area contributed by atoms with Gasteiger partial charge in [0.2, 0.25) is 0 Å². The highest BCUT2D eigenvalue weighted by Crippen LogP contribution is 2.30. The summed E-state index contributed by atoms with van der Waals surface area (Å²) in [6.07, 6.45) is -2.59. The van der Waals surface area contributed by atoms with E-state index in [1.807, 2.05) is 0 Å². The maximum Gasteiger partial charge on any atom is 0.267 e.